The van der Waals surface area contributed by atoms with Gasteiger partial charge in [0, 0.05) is 6.92 Å². The number of hydrogen-bond acceptors (Lipinski definition) is 3. The summed E-state index contributed by atoms with van der Waals surface area (Å²) in [5, 5.41) is 11.8. The van der Waals surface area contributed by atoms with Gasteiger partial charge in [0.2, 0.25) is 5.91 Å². The number of aliphatic hydroxyl groups is 1. The molecule has 0 heterocycles. The molecule has 0 bridgehead atoms. The highest BCUT2D eigenvalue weighted by Gasteiger charge is 2.21. The lowest BCUT2D eigenvalue weighted by Crippen LogP contribution is -2.45. The van der Waals surface area contributed by atoms with Crippen LogP contribution in [0.5, 0.6) is 0 Å². The number of rotatable bonds is 4. The molecule has 0 aliphatic heterocycles. The van der Waals surface area contributed by atoms with E-state index in [1.165, 1.54) is 13.8 Å². The molecule has 0 aliphatic rings. The van der Waals surface area contributed by atoms with Crippen LogP contribution in [0.25, 0.3) is 0 Å². The third-order valence-corrected chi connectivity index (χ3v) is 1.63. The van der Waals surface area contributed by atoms with Crippen molar-refractivity contribution >= 4 is 11.7 Å². The maximum absolute atomic E-state index is 10.7. The van der Waals surface area contributed by atoms with Crippen molar-refractivity contribution in [2.45, 2.75) is 39.3 Å². The summed E-state index contributed by atoms with van der Waals surface area (Å²) in [4.78, 5) is 21.3. The zero-order chi connectivity index (χ0) is 9.72. The monoisotopic (exact) mass is 173 g/mol. The number of carbonyl (C=O) groups excluding carboxylic acids is 2. The molecule has 0 saturated heterocycles. The maximum Gasteiger partial charge on any atom is 0.217 e. The first-order chi connectivity index (χ1) is 5.49. The first-order valence-corrected chi connectivity index (χ1v) is 3.94. The van der Waals surface area contributed by atoms with Crippen LogP contribution in [0.2, 0.25) is 0 Å². The molecule has 0 aromatic heterocycles. The van der Waals surface area contributed by atoms with E-state index in [9.17, 15) is 14.7 Å². The SMILES string of the molecule is CCC(NC(C)=O)C(O)C(C)=O. The number of nitrogens with one attached hydrogen (secondary N) is 1. The predicted molar refractivity (Wildman–Crippen MR) is 44.6 cm³/mol. The molecule has 2 atom stereocenters. The zero-order valence-corrected chi connectivity index (χ0v) is 7.63. The molecule has 0 rings (SSSR count). The van der Waals surface area contributed by atoms with Crippen LogP contribution in [0.3, 0.4) is 0 Å². The Balaban J connectivity index is 4.14. The van der Waals surface area contributed by atoms with Crippen molar-refractivity contribution in [1.29, 1.82) is 0 Å². The quantitative estimate of drug-likeness (QED) is 0.621. The fourth-order valence-electron chi connectivity index (χ4n) is 0.949. The van der Waals surface area contributed by atoms with Gasteiger partial charge >= 0.3 is 0 Å². The molecule has 1 amide bonds. The number of hydrogen-bond donors (Lipinski definition) is 2. The third kappa shape index (κ3) is 3.48. The molecular formula is C8H15NO3. The number of carbonyl (C=O) groups is 2. The van der Waals surface area contributed by atoms with Crippen molar-refractivity contribution in [3.05, 3.63) is 0 Å². The molecule has 70 valence electrons. The number of Topliss-reactive ketones (excluding diaryl/α,β-unsaturated/α-hetero) is 1. The smallest absolute Gasteiger partial charge is 0.217 e. The van der Waals surface area contributed by atoms with E-state index < -0.39 is 12.1 Å². The summed E-state index contributed by atoms with van der Waals surface area (Å²) in [5.74, 6) is -0.558. The van der Waals surface area contributed by atoms with Gasteiger partial charge in [0.1, 0.15) is 6.10 Å². The standard InChI is InChI=1S/C8H15NO3/c1-4-7(9-6(3)11)8(12)5(2)10/h7-8,12H,4H2,1-3H3,(H,9,11). The summed E-state index contributed by atoms with van der Waals surface area (Å²) in [7, 11) is 0. The molecule has 2 N–H and O–H groups in total. The van der Waals surface area contributed by atoms with Crippen LogP contribution in [0, 0.1) is 0 Å². The van der Waals surface area contributed by atoms with Gasteiger partial charge in [-0.1, -0.05) is 6.92 Å². The average molecular weight is 173 g/mol. The van der Waals surface area contributed by atoms with E-state index in [1.807, 2.05) is 0 Å². The van der Waals surface area contributed by atoms with Gasteiger partial charge in [-0.15, -0.1) is 0 Å². The second-order valence-corrected chi connectivity index (χ2v) is 2.77. The molecule has 0 spiro atoms. The fourth-order valence-corrected chi connectivity index (χ4v) is 0.949. The van der Waals surface area contributed by atoms with E-state index >= 15 is 0 Å². The maximum atomic E-state index is 10.7. The van der Waals surface area contributed by atoms with Gasteiger partial charge in [0.25, 0.3) is 0 Å². The van der Waals surface area contributed by atoms with Crippen LogP contribution in [-0.4, -0.2) is 28.9 Å². The van der Waals surface area contributed by atoms with Crippen LogP contribution in [0.1, 0.15) is 27.2 Å². The molecule has 0 aromatic carbocycles. The minimum Gasteiger partial charge on any atom is -0.383 e. The zero-order valence-electron chi connectivity index (χ0n) is 7.63. The summed E-state index contributed by atoms with van der Waals surface area (Å²) < 4.78 is 0. The van der Waals surface area contributed by atoms with Gasteiger partial charge in [-0.2, -0.15) is 0 Å². The number of amides is 1. The Morgan fingerprint density at radius 1 is 1.42 bits per heavy atom. The number of ketones is 1. The lowest BCUT2D eigenvalue weighted by Gasteiger charge is -2.19. The molecular weight excluding hydrogens is 158 g/mol. The van der Waals surface area contributed by atoms with E-state index in [2.05, 4.69) is 5.32 Å². The van der Waals surface area contributed by atoms with Gasteiger partial charge in [-0.3, -0.25) is 9.59 Å². The Hall–Kier alpha value is -0.900. The highest BCUT2D eigenvalue weighted by atomic mass is 16.3. The largest absolute Gasteiger partial charge is 0.383 e. The van der Waals surface area contributed by atoms with Crippen molar-refractivity contribution in [3.8, 4) is 0 Å². The predicted octanol–water partition coefficient (Wildman–Crippen LogP) is -0.149. The highest BCUT2D eigenvalue weighted by Crippen LogP contribution is 1.99. The van der Waals surface area contributed by atoms with Crippen molar-refractivity contribution in [1.82, 2.24) is 5.32 Å². The second-order valence-electron chi connectivity index (χ2n) is 2.77. The summed E-state index contributed by atoms with van der Waals surface area (Å²) in [6, 6.07) is -0.458. The lowest BCUT2D eigenvalue weighted by molar-refractivity contribution is -0.128. The van der Waals surface area contributed by atoms with Gasteiger partial charge in [0.05, 0.1) is 6.04 Å². The summed E-state index contributed by atoms with van der Waals surface area (Å²) >= 11 is 0. The Morgan fingerprint density at radius 3 is 2.17 bits per heavy atom. The van der Waals surface area contributed by atoms with Crippen LogP contribution in [0.4, 0.5) is 0 Å². The van der Waals surface area contributed by atoms with Crippen molar-refractivity contribution in [2.24, 2.45) is 0 Å². The minimum absolute atomic E-state index is 0.234. The molecule has 0 radical (unpaired) electrons. The van der Waals surface area contributed by atoms with E-state index in [0.29, 0.717) is 6.42 Å². The van der Waals surface area contributed by atoms with Gasteiger partial charge in [-0.05, 0) is 13.3 Å². The highest BCUT2D eigenvalue weighted by molar-refractivity contribution is 5.82. The summed E-state index contributed by atoms with van der Waals surface area (Å²) in [5.41, 5.74) is 0. The van der Waals surface area contributed by atoms with Gasteiger partial charge < -0.3 is 10.4 Å². The van der Waals surface area contributed by atoms with Crippen molar-refractivity contribution < 1.29 is 14.7 Å². The molecule has 4 heteroatoms. The van der Waals surface area contributed by atoms with E-state index in [1.54, 1.807) is 6.92 Å². The minimum atomic E-state index is -1.08. The van der Waals surface area contributed by atoms with Gasteiger partial charge in [0.15, 0.2) is 5.78 Å². The molecule has 2 unspecified atom stereocenters. The number of aliphatic hydroxyl groups excluding tert-OH is 1. The normalized spacial score (nSPS) is 15.0. The Labute approximate surface area is 72.0 Å². The first-order valence-electron chi connectivity index (χ1n) is 3.94. The van der Waals surface area contributed by atoms with Crippen LogP contribution >= 0.6 is 0 Å². The van der Waals surface area contributed by atoms with Crippen molar-refractivity contribution in [2.75, 3.05) is 0 Å². The average Bonchev–Trinajstić information content (AvgIpc) is 1.98. The Morgan fingerprint density at radius 2 is 1.92 bits per heavy atom. The van der Waals surface area contributed by atoms with Crippen molar-refractivity contribution in [3.63, 3.8) is 0 Å². The molecule has 0 aromatic rings. The lowest BCUT2D eigenvalue weighted by atomic mass is 10.1. The second kappa shape index (κ2) is 4.87. The fraction of sp³-hybridized carbons (Fsp3) is 0.750. The van der Waals surface area contributed by atoms with E-state index in [-0.39, 0.29) is 11.7 Å². The van der Waals surface area contributed by atoms with Crippen LogP contribution < -0.4 is 5.32 Å². The topological polar surface area (TPSA) is 66.4 Å². The van der Waals surface area contributed by atoms with Crippen LogP contribution in [0.15, 0.2) is 0 Å². The third-order valence-electron chi connectivity index (χ3n) is 1.63. The Bertz CT molecular complexity index is 179. The molecule has 0 fully saturated rings. The molecule has 12 heavy (non-hydrogen) atoms. The van der Waals surface area contributed by atoms with Crippen LogP contribution in [-0.2, 0) is 9.59 Å². The first kappa shape index (κ1) is 11.1. The van der Waals surface area contributed by atoms with E-state index in [0.717, 1.165) is 0 Å². The summed E-state index contributed by atoms with van der Waals surface area (Å²) in [6.45, 7) is 4.46. The molecule has 0 aliphatic carbocycles. The Kier molecular flexibility index (Phi) is 4.51. The van der Waals surface area contributed by atoms with E-state index in [4.69, 9.17) is 0 Å². The molecule has 4 nitrogen and oxygen atoms in total. The summed E-state index contributed by atoms with van der Waals surface area (Å²) in [6.07, 6.45) is -0.542. The van der Waals surface area contributed by atoms with Gasteiger partial charge in [-0.25, -0.2) is 0 Å². The molecule has 0 saturated carbocycles.